The summed E-state index contributed by atoms with van der Waals surface area (Å²) in [5, 5.41) is 20.9. The molecule has 1 N–H and O–H groups in total. The maximum Gasteiger partial charge on any atom is 0.262 e. The molecular formula is C18H12ClN7O. The summed E-state index contributed by atoms with van der Waals surface area (Å²) in [5.41, 5.74) is 2.39. The highest BCUT2D eigenvalue weighted by molar-refractivity contribution is 6.32. The molecular weight excluding hydrogens is 366 g/mol. The van der Waals surface area contributed by atoms with Crippen LogP contribution in [0.5, 0.6) is 0 Å². The fraction of sp³-hybridized carbons (Fsp3) is 0.0556. The first-order valence-electron chi connectivity index (χ1n) is 7.93. The largest absolute Gasteiger partial charge is 0.306 e. The smallest absolute Gasteiger partial charge is 0.262 e. The number of hydrogen-bond acceptors (Lipinski definition) is 5. The van der Waals surface area contributed by atoms with Crippen LogP contribution >= 0.6 is 11.6 Å². The van der Waals surface area contributed by atoms with Gasteiger partial charge < -0.3 is 5.32 Å². The van der Waals surface area contributed by atoms with Crippen LogP contribution in [0.3, 0.4) is 0 Å². The lowest BCUT2D eigenvalue weighted by molar-refractivity contribution is 0.102. The van der Waals surface area contributed by atoms with E-state index >= 15 is 0 Å². The fourth-order valence-electron chi connectivity index (χ4n) is 2.69. The molecule has 0 radical (unpaired) electrons. The molecule has 0 aliphatic heterocycles. The van der Waals surface area contributed by atoms with Gasteiger partial charge >= 0.3 is 0 Å². The number of nitrogens with zero attached hydrogens (tertiary/aromatic N) is 6. The van der Waals surface area contributed by atoms with Crippen molar-refractivity contribution < 1.29 is 4.79 Å². The molecule has 8 nitrogen and oxygen atoms in total. The Kier molecular flexibility index (Phi) is 4.06. The molecule has 0 aliphatic rings. The molecule has 1 amide bonds. The molecule has 3 heterocycles. The summed E-state index contributed by atoms with van der Waals surface area (Å²) < 4.78 is 3.01. The quantitative estimate of drug-likeness (QED) is 0.591. The number of carbonyl (C=O) groups excluding carboxylic acids is 1. The van der Waals surface area contributed by atoms with Crippen LogP contribution in [0.2, 0.25) is 5.02 Å². The Hall–Kier alpha value is -3.70. The van der Waals surface area contributed by atoms with Gasteiger partial charge in [-0.15, -0.1) is 0 Å². The molecule has 1 aromatic carbocycles. The lowest BCUT2D eigenvalue weighted by Gasteiger charge is -2.10. The third-order valence-corrected chi connectivity index (χ3v) is 4.22. The Bertz CT molecular complexity index is 1220. The van der Waals surface area contributed by atoms with Gasteiger partial charge in [0.05, 0.1) is 34.2 Å². The highest BCUT2D eigenvalue weighted by Gasteiger charge is 2.18. The molecule has 0 fully saturated rings. The number of halogens is 1. The molecule has 0 saturated carbocycles. The lowest BCUT2D eigenvalue weighted by atomic mass is 10.2. The third kappa shape index (κ3) is 3.01. The first-order chi connectivity index (χ1) is 13.1. The molecule has 0 aliphatic carbocycles. The Morgan fingerprint density at radius 1 is 1.33 bits per heavy atom. The number of carbonyl (C=O) groups is 1. The predicted octanol–water partition coefficient (Wildman–Crippen LogP) is 3.00. The number of amides is 1. The van der Waals surface area contributed by atoms with Gasteiger partial charge in [-0.05, 0) is 31.2 Å². The molecule has 27 heavy (non-hydrogen) atoms. The molecule has 9 heteroatoms. The number of fused-ring (bicyclic) bond motifs is 1. The van der Waals surface area contributed by atoms with E-state index in [0.717, 1.165) is 0 Å². The van der Waals surface area contributed by atoms with Crippen LogP contribution in [0.15, 0.2) is 48.9 Å². The van der Waals surface area contributed by atoms with E-state index in [1.807, 2.05) is 0 Å². The van der Waals surface area contributed by atoms with E-state index in [0.29, 0.717) is 39.0 Å². The van der Waals surface area contributed by atoms with Gasteiger partial charge in [0.15, 0.2) is 5.65 Å². The van der Waals surface area contributed by atoms with E-state index in [9.17, 15) is 4.79 Å². The predicted molar refractivity (Wildman–Crippen MR) is 99.0 cm³/mol. The van der Waals surface area contributed by atoms with Crippen molar-refractivity contribution in [3.63, 3.8) is 0 Å². The summed E-state index contributed by atoms with van der Waals surface area (Å²) in [6.07, 6.45) is 4.75. The Morgan fingerprint density at radius 2 is 2.19 bits per heavy atom. The molecule has 0 saturated heterocycles. The highest BCUT2D eigenvalue weighted by Crippen LogP contribution is 2.26. The molecule has 0 spiro atoms. The fourth-order valence-corrected chi connectivity index (χ4v) is 2.89. The number of hydrogen-bond donors (Lipinski definition) is 1. The van der Waals surface area contributed by atoms with Crippen LogP contribution in [0, 0.1) is 18.3 Å². The summed E-state index contributed by atoms with van der Waals surface area (Å²) in [4.78, 5) is 16.9. The SMILES string of the molecule is Cc1cc(NC(=O)c2cnn3cccnc23)n(-c2cc(C#N)ccc2Cl)n1. The zero-order valence-electron chi connectivity index (χ0n) is 14.1. The van der Waals surface area contributed by atoms with Gasteiger partial charge in [-0.2, -0.15) is 15.5 Å². The van der Waals surface area contributed by atoms with Crippen LogP contribution in [-0.2, 0) is 0 Å². The second kappa shape index (κ2) is 6.55. The second-order valence-corrected chi connectivity index (χ2v) is 6.17. The van der Waals surface area contributed by atoms with Crippen molar-refractivity contribution in [2.75, 3.05) is 5.32 Å². The van der Waals surface area contributed by atoms with Crippen LogP contribution in [0.1, 0.15) is 21.6 Å². The summed E-state index contributed by atoms with van der Waals surface area (Å²) in [5.74, 6) is 0.0437. The number of aryl methyl sites for hydroxylation is 1. The zero-order chi connectivity index (χ0) is 19.0. The number of benzene rings is 1. The van der Waals surface area contributed by atoms with E-state index in [-0.39, 0.29) is 5.91 Å². The first-order valence-corrected chi connectivity index (χ1v) is 8.31. The molecule has 4 rings (SSSR count). The molecule has 0 unspecified atom stereocenters. The minimum absolute atomic E-state index is 0.331. The van der Waals surface area contributed by atoms with Gasteiger partial charge in [0.1, 0.15) is 11.4 Å². The minimum atomic E-state index is -0.377. The normalized spacial score (nSPS) is 10.7. The molecule has 0 bridgehead atoms. The van der Waals surface area contributed by atoms with Crippen molar-refractivity contribution in [3.8, 4) is 11.8 Å². The maximum atomic E-state index is 12.8. The number of aromatic nitrogens is 5. The van der Waals surface area contributed by atoms with E-state index < -0.39 is 0 Å². The highest BCUT2D eigenvalue weighted by atomic mass is 35.5. The maximum absolute atomic E-state index is 12.8. The lowest BCUT2D eigenvalue weighted by Crippen LogP contribution is -2.15. The van der Waals surface area contributed by atoms with Gasteiger partial charge in [-0.3, -0.25) is 4.79 Å². The van der Waals surface area contributed by atoms with Gasteiger partial charge in [0.25, 0.3) is 5.91 Å². The third-order valence-electron chi connectivity index (χ3n) is 3.90. The van der Waals surface area contributed by atoms with E-state index in [4.69, 9.17) is 16.9 Å². The molecule has 132 valence electrons. The Balaban J connectivity index is 1.74. The van der Waals surface area contributed by atoms with E-state index in [1.165, 1.54) is 15.4 Å². The number of nitriles is 1. The van der Waals surface area contributed by atoms with Crippen molar-refractivity contribution in [1.29, 1.82) is 5.26 Å². The van der Waals surface area contributed by atoms with Crippen molar-refractivity contribution in [2.24, 2.45) is 0 Å². The second-order valence-electron chi connectivity index (χ2n) is 5.76. The van der Waals surface area contributed by atoms with Gasteiger partial charge in [0, 0.05) is 18.5 Å². The number of rotatable bonds is 3. The number of anilines is 1. The average molecular weight is 378 g/mol. The summed E-state index contributed by atoms with van der Waals surface area (Å²) in [6, 6.07) is 10.4. The average Bonchev–Trinajstić information content (AvgIpc) is 3.25. The monoisotopic (exact) mass is 377 g/mol. The Labute approximate surface area is 158 Å². The molecule has 0 atom stereocenters. The van der Waals surface area contributed by atoms with Crippen molar-refractivity contribution in [1.82, 2.24) is 24.4 Å². The van der Waals surface area contributed by atoms with Crippen LogP contribution in [0.4, 0.5) is 5.82 Å². The summed E-state index contributed by atoms with van der Waals surface area (Å²) in [7, 11) is 0. The van der Waals surface area contributed by atoms with Gasteiger partial charge in [-0.25, -0.2) is 14.2 Å². The minimum Gasteiger partial charge on any atom is -0.306 e. The van der Waals surface area contributed by atoms with Crippen LogP contribution in [-0.4, -0.2) is 30.3 Å². The molecule has 4 aromatic rings. The van der Waals surface area contributed by atoms with Gasteiger partial charge in [-0.1, -0.05) is 11.6 Å². The van der Waals surface area contributed by atoms with Crippen molar-refractivity contribution in [3.05, 3.63) is 70.8 Å². The summed E-state index contributed by atoms with van der Waals surface area (Å²) in [6.45, 7) is 1.80. The topological polar surface area (TPSA) is 101 Å². The van der Waals surface area contributed by atoms with Crippen molar-refractivity contribution in [2.45, 2.75) is 6.92 Å². The van der Waals surface area contributed by atoms with E-state index in [1.54, 1.807) is 49.6 Å². The van der Waals surface area contributed by atoms with Crippen molar-refractivity contribution >= 4 is 29.0 Å². The van der Waals surface area contributed by atoms with E-state index in [2.05, 4.69) is 26.6 Å². The van der Waals surface area contributed by atoms with Crippen LogP contribution in [0.25, 0.3) is 11.3 Å². The zero-order valence-corrected chi connectivity index (χ0v) is 14.8. The summed E-state index contributed by atoms with van der Waals surface area (Å²) >= 11 is 6.28. The molecule has 3 aromatic heterocycles. The van der Waals surface area contributed by atoms with Crippen LogP contribution < -0.4 is 5.32 Å². The standard InChI is InChI=1S/C18H12ClN7O/c1-11-7-16(26(24-11)15-8-12(9-20)3-4-14(15)19)23-18(27)13-10-22-25-6-2-5-21-17(13)25/h2-8,10H,1H3,(H,23,27). The Morgan fingerprint density at radius 3 is 3.00 bits per heavy atom. The first kappa shape index (κ1) is 16.8. The van der Waals surface area contributed by atoms with Gasteiger partial charge in [0.2, 0.25) is 0 Å². The number of nitrogens with one attached hydrogen (secondary N) is 1.